The molecule has 198 valence electrons. The number of anilines is 1. The van der Waals surface area contributed by atoms with Crippen molar-refractivity contribution in [3.05, 3.63) is 90.5 Å². The number of nitrogens with one attached hydrogen (secondary N) is 1. The normalized spacial score (nSPS) is 13.1. The number of benzene rings is 3. The van der Waals surface area contributed by atoms with Crippen LogP contribution in [-0.4, -0.2) is 32.7 Å². The number of carbonyl (C=O) groups excluding carboxylic acids is 1. The SMILES string of the molecule is CC(C)(C)OC(=O)N[C@@H](CCc1ccccc1N)CO[Si](c1ccccc1)(c1ccccc1)C(C)(C)C. The number of hydrogen-bond acceptors (Lipinski definition) is 4. The molecule has 6 heteroatoms. The minimum Gasteiger partial charge on any atom is -0.444 e. The van der Waals surface area contributed by atoms with Gasteiger partial charge in [-0.2, -0.15) is 0 Å². The lowest BCUT2D eigenvalue weighted by Gasteiger charge is -2.43. The van der Waals surface area contributed by atoms with Gasteiger partial charge >= 0.3 is 6.09 Å². The van der Waals surface area contributed by atoms with Crippen LogP contribution < -0.4 is 21.4 Å². The van der Waals surface area contributed by atoms with Gasteiger partial charge in [-0.1, -0.05) is 99.6 Å². The van der Waals surface area contributed by atoms with Crippen LogP contribution in [0.25, 0.3) is 0 Å². The molecule has 37 heavy (non-hydrogen) atoms. The second-order valence-electron chi connectivity index (χ2n) is 11.6. The Morgan fingerprint density at radius 1 is 0.838 bits per heavy atom. The lowest BCUT2D eigenvalue weighted by atomic mass is 10.0. The predicted molar refractivity (Wildman–Crippen MR) is 156 cm³/mol. The molecule has 1 atom stereocenters. The molecule has 0 radical (unpaired) electrons. The standard InChI is InChI=1S/C31H42N2O3Si/c1-30(2,3)36-29(34)33-25(22-21-24-15-13-14-20-28(24)32)23-35-37(31(4,5)6,26-16-9-7-10-17-26)27-18-11-8-12-19-27/h7-20,25H,21-23,32H2,1-6H3,(H,33,34)/t25-/m0/s1. The minimum atomic E-state index is -2.75. The van der Waals surface area contributed by atoms with E-state index in [1.807, 2.05) is 57.2 Å². The van der Waals surface area contributed by atoms with Crippen LogP contribution in [0.3, 0.4) is 0 Å². The van der Waals surface area contributed by atoms with Gasteiger partial charge in [-0.15, -0.1) is 0 Å². The summed E-state index contributed by atoms with van der Waals surface area (Å²) in [5.74, 6) is 0. The number of hydrogen-bond donors (Lipinski definition) is 2. The van der Waals surface area contributed by atoms with Crippen LogP contribution in [0.1, 0.15) is 53.5 Å². The molecule has 0 bridgehead atoms. The maximum Gasteiger partial charge on any atom is 0.407 e. The molecule has 3 N–H and O–H groups in total. The average molecular weight is 519 g/mol. The summed E-state index contributed by atoms with van der Waals surface area (Å²) in [7, 11) is -2.75. The Bertz CT molecular complexity index is 1100. The van der Waals surface area contributed by atoms with Gasteiger partial charge in [0.05, 0.1) is 12.6 Å². The van der Waals surface area contributed by atoms with Crippen LogP contribution in [-0.2, 0) is 15.6 Å². The minimum absolute atomic E-state index is 0.157. The van der Waals surface area contributed by atoms with Gasteiger partial charge in [-0.3, -0.25) is 0 Å². The fraction of sp³-hybridized carbons (Fsp3) is 0.387. The summed E-state index contributed by atoms with van der Waals surface area (Å²) in [5, 5.41) is 5.34. The van der Waals surface area contributed by atoms with E-state index in [1.165, 1.54) is 10.4 Å². The number of amides is 1. The summed E-state index contributed by atoms with van der Waals surface area (Å²) in [6.45, 7) is 12.7. The van der Waals surface area contributed by atoms with E-state index < -0.39 is 20.0 Å². The summed E-state index contributed by atoms with van der Waals surface area (Å²) >= 11 is 0. The molecule has 0 unspecified atom stereocenters. The molecule has 0 spiro atoms. The lowest BCUT2D eigenvalue weighted by molar-refractivity contribution is 0.0483. The molecule has 3 aromatic rings. The van der Waals surface area contributed by atoms with E-state index in [9.17, 15) is 4.79 Å². The molecule has 0 saturated carbocycles. The molecule has 3 rings (SSSR count). The van der Waals surface area contributed by atoms with Gasteiger partial charge in [0.2, 0.25) is 0 Å². The highest BCUT2D eigenvalue weighted by Gasteiger charge is 2.50. The maximum atomic E-state index is 12.8. The maximum absolute atomic E-state index is 12.8. The van der Waals surface area contributed by atoms with Crippen molar-refractivity contribution >= 4 is 30.5 Å². The molecule has 5 nitrogen and oxygen atoms in total. The van der Waals surface area contributed by atoms with Crippen LogP contribution in [0.5, 0.6) is 0 Å². The predicted octanol–water partition coefficient (Wildman–Crippen LogP) is 5.67. The second kappa shape index (κ2) is 12.0. The summed E-state index contributed by atoms with van der Waals surface area (Å²) in [4.78, 5) is 12.8. The van der Waals surface area contributed by atoms with Crippen molar-refractivity contribution in [2.24, 2.45) is 0 Å². The van der Waals surface area contributed by atoms with E-state index >= 15 is 0 Å². The van der Waals surface area contributed by atoms with Crippen LogP contribution >= 0.6 is 0 Å². The average Bonchev–Trinajstić information content (AvgIpc) is 2.83. The fourth-order valence-corrected chi connectivity index (χ4v) is 9.36. The third-order valence-electron chi connectivity index (χ3n) is 6.46. The third-order valence-corrected chi connectivity index (χ3v) is 11.5. The molecular formula is C31H42N2O3Si. The van der Waals surface area contributed by atoms with Crippen LogP contribution in [0.15, 0.2) is 84.9 Å². The first kappa shape index (κ1) is 28.5. The van der Waals surface area contributed by atoms with Crippen LogP contribution in [0.4, 0.5) is 10.5 Å². The first-order valence-corrected chi connectivity index (χ1v) is 14.9. The van der Waals surface area contributed by atoms with E-state index in [-0.39, 0.29) is 11.1 Å². The van der Waals surface area contributed by atoms with E-state index in [2.05, 4.69) is 74.6 Å². The van der Waals surface area contributed by atoms with Crippen LogP contribution in [0.2, 0.25) is 5.04 Å². The summed E-state index contributed by atoms with van der Waals surface area (Å²) in [6.07, 6.45) is 0.952. The van der Waals surface area contributed by atoms with Gasteiger partial charge in [0.15, 0.2) is 0 Å². The first-order chi connectivity index (χ1) is 17.4. The molecular weight excluding hydrogens is 476 g/mol. The number of nitrogen functional groups attached to an aromatic ring is 1. The fourth-order valence-electron chi connectivity index (χ4n) is 4.75. The largest absolute Gasteiger partial charge is 0.444 e. The molecule has 0 aliphatic rings. The first-order valence-electron chi connectivity index (χ1n) is 13.0. The monoisotopic (exact) mass is 518 g/mol. The van der Waals surface area contributed by atoms with E-state index in [0.717, 1.165) is 17.7 Å². The molecule has 0 fully saturated rings. The third kappa shape index (κ3) is 7.46. The van der Waals surface area contributed by atoms with Crippen molar-refractivity contribution in [2.45, 2.75) is 71.1 Å². The summed E-state index contributed by atoms with van der Waals surface area (Å²) < 4.78 is 12.7. The molecule has 0 heterocycles. The number of ether oxygens (including phenoxy) is 1. The van der Waals surface area contributed by atoms with Gasteiger partial charge in [0.25, 0.3) is 8.32 Å². The van der Waals surface area contributed by atoms with E-state index in [0.29, 0.717) is 13.0 Å². The molecule has 0 aliphatic carbocycles. The summed E-state index contributed by atoms with van der Waals surface area (Å²) in [6, 6.07) is 28.7. The number of carbonyl (C=O) groups is 1. The zero-order valence-corrected chi connectivity index (χ0v) is 24.1. The molecule has 1 amide bonds. The Kier molecular flexibility index (Phi) is 9.21. The van der Waals surface area contributed by atoms with Crippen molar-refractivity contribution in [3.8, 4) is 0 Å². The zero-order chi connectivity index (χ0) is 27.1. The highest BCUT2D eigenvalue weighted by atomic mass is 28.4. The number of rotatable bonds is 9. The Hall–Kier alpha value is -3.09. The van der Waals surface area contributed by atoms with Crippen molar-refractivity contribution in [3.63, 3.8) is 0 Å². The topological polar surface area (TPSA) is 73.6 Å². The Morgan fingerprint density at radius 2 is 1.35 bits per heavy atom. The zero-order valence-electron chi connectivity index (χ0n) is 23.1. The smallest absolute Gasteiger partial charge is 0.407 e. The van der Waals surface area contributed by atoms with Crippen molar-refractivity contribution in [1.82, 2.24) is 5.32 Å². The molecule has 3 aromatic carbocycles. The van der Waals surface area contributed by atoms with Gasteiger partial charge < -0.3 is 20.2 Å². The molecule has 0 saturated heterocycles. The number of alkyl carbamates (subject to hydrolysis) is 1. The van der Waals surface area contributed by atoms with Gasteiger partial charge in [0, 0.05) is 5.69 Å². The number of aryl methyl sites for hydroxylation is 1. The summed E-state index contributed by atoms with van der Waals surface area (Å²) in [5.41, 5.74) is 7.44. The second-order valence-corrected chi connectivity index (χ2v) is 15.9. The quantitative estimate of drug-likeness (QED) is 0.283. The van der Waals surface area contributed by atoms with E-state index in [1.54, 1.807) is 0 Å². The van der Waals surface area contributed by atoms with Crippen molar-refractivity contribution in [2.75, 3.05) is 12.3 Å². The van der Waals surface area contributed by atoms with Gasteiger partial charge in [-0.25, -0.2) is 4.79 Å². The van der Waals surface area contributed by atoms with Crippen molar-refractivity contribution in [1.29, 1.82) is 0 Å². The molecule has 0 aliphatic heterocycles. The highest BCUT2D eigenvalue weighted by molar-refractivity contribution is 6.99. The number of para-hydroxylation sites is 1. The lowest BCUT2D eigenvalue weighted by Crippen LogP contribution is -2.67. The Labute approximate surface area is 223 Å². The Morgan fingerprint density at radius 3 is 1.84 bits per heavy atom. The Balaban J connectivity index is 1.95. The highest BCUT2D eigenvalue weighted by Crippen LogP contribution is 2.37. The number of nitrogens with two attached hydrogens (primary N) is 1. The van der Waals surface area contributed by atoms with Crippen LogP contribution in [0, 0.1) is 0 Å². The van der Waals surface area contributed by atoms with Crippen molar-refractivity contribution < 1.29 is 14.0 Å². The van der Waals surface area contributed by atoms with E-state index in [4.69, 9.17) is 14.9 Å². The van der Waals surface area contributed by atoms with Gasteiger partial charge in [0.1, 0.15) is 5.60 Å². The molecule has 0 aromatic heterocycles. The van der Waals surface area contributed by atoms with Gasteiger partial charge in [-0.05, 0) is 60.7 Å².